The Morgan fingerprint density at radius 3 is 2.77 bits per heavy atom. The van der Waals surface area contributed by atoms with Gasteiger partial charge in [-0.15, -0.1) is 0 Å². The quantitative estimate of drug-likeness (QED) is 0.337. The number of alkyl halides is 1. The molecule has 4 rings (SSSR count). The van der Waals surface area contributed by atoms with Gasteiger partial charge in [0.25, 0.3) is 5.84 Å². The maximum atomic E-state index is 6.30. The lowest BCUT2D eigenvalue weighted by Crippen LogP contribution is -2.27. The number of fused-ring (bicyclic) bond motifs is 1. The van der Waals surface area contributed by atoms with Crippen molar-refractivity contribution in [3.05, 3.63) is 53.8 Å². The molecule has 2 heterocycles. The maximum Gasteiger partial charge on any atom is 0.271 e. The van der Waals surface area contributed by atoms with Crippen molar-refractivity contribution in [2.24, 2.45) is 5.92 Å². The van der Waals surface area contributed by atoms with Crippen LogP contribution in [-0.2, 0) is 5.41 Å². The highest BCUT2D eigenvalue weighted by Gasteiger charge is 2.39. The van der Waals surface area contributed by atoms with Crippen molar-refractivity contribution >= 4 is 23.1 Å². The van der Waals surface area contributed by atoms with E-state index in [1.807, 2.05) is 0 Å². The first kappa shape index (κ1) is 21.5. The molecular weight excluding hydrogens is 390 g/mol. The Balaban J connectivity index is 1.55. The van der Waals surface area contributed by atoms with Gasteiger partial charge in [0.05, 0.1) is 6.54 Å². The second-order valence-electron chi connectivity index (χ2n) is 9.53. The number of amidine groups is 1. The molecule has 0 saturated heterocycles. The number of likely N-dealkylation sites (N-methyl/N-ethyl adjacent to an activating group) is 1. The van der Waals surface area contributed by atoms with Crippen molar-refractivity contribution < 1.29 is 4.58 Å². The van der Waals surface area contributed by atoms with E-state index in [-0.39, 0.29) is 10.9 Å². The van der Waals surface area contributed by atoms with Crippen LogP contribution in [-0.4, -0.2) is 35.5 Å². The second kappa shape index (κ2) is 9.18. The molecule has 0 amide bonds. The average Bonchev–Trinajstić information content (AvgIpc) is 3.42. The van der Waals surface area contributed by atoms with Gasteiger partial charge in [0, 0.05) is 29.4 Å². The number of rotatable bonds is 7. The number of nitrogens with one attached hydrogen (secondary N) is 1. The van der Waals surface area contributed by atoms with Crippen molar-refractivity contribution in [1.29, 1.82) is 0 Å². The van der Waals surface area contributed by atoms with Crippen molar-refractivity contribution in [2.45, 2.75) is 70.2 Å². The van der Waals surface area contributed by atoms with Crippen LogP contribution in [0.1, 0.15) is 64.9 Å². The molecule has 1 aromatic rings. The zero-order valence-electron chi connectivity index (χ0n) is 18.8. The van der Waals surface area contributed by atoms with Crippen molar-refractivity contribution in [3.63, 3.8) is 0 Å². The van der Waals surface area contributed by atoms with Gasteiger partial charge in [0.2, 0.25) is 5.50 Å². The molecule has 3 aliphatic rings. The predicted octanol–water partition coefficient (Wildman–Crippen LogP) is 5.79. The summed E-state index contributed by atoms with van der Waals surface area (Å²) in [6.45, 7) is 9.82. The number of nitrogens with zero attached hydrogens (tertiary/aromatic N) is 2. The molecule has 0 spiro atoms. The molecule has 1 aliphatic carbocycles. The van der Waals surface area contributed by atoms with E-state index in [2.05, 4.69) is 78.1 Å². The van der Waals surface area contributed by atoms with Gasteiger partial charge in [-0.2, -0.15) is 0 Å². The fourth-order valence-electron chi connectivity index (χ4n) is 5.49. The lowest BCUT2D eigenvalue weighted by atomic mass is 9.84. The van der Waals surface area contributed by atoms with E-state index in [1.54, 1.807) is 0 Å². The van der Waals surface area contributed by atoms with Gasteiger partial charge in [-0.05, 0) is 43.4 Å². The highest BCUT2D eigenvalue weighted by atomic mass is 35.5. The number of benzene rings is 1. The van der Waals surface area contributed by atoms with Gasteiger partial charge in [0.15, 0.2) is 0 Å². The van der Waals surface area contributed by atoms with Crippen molar-refractivity contribution in [2.75, 3.05) is 24.5 Å². The summed E-state index contributed by atoms with van der Waals surface area (Å²) in [5.74, 6) is 2.08. The van der Waals surface area contributed by atoms with Crippen LogP contribution in [0, 0.1) is 5.92 Å². The highest BCUT2D eigenvalue weighted by molar-refractivity contribution is 6.22. The fourth-order valence-corrected chi connectivity index (χ4v) is 5.77. The standard InChI is InChI=1S/C26H36ClN3/c1-4-29-19-24(27)28-25(29)17-9-16-23-26(2,3)21-14-7-8-15-22(21)30(23)18-10-13-20-11-5-6-12-20/h7-9,14-17,20,24H,4-6,10-13,18-19H2,1-3H3/p+1. The Morgan fingerprint density at radius 2 is 2.00 bits per heavy atom. The third kappa shape index (κ3) is 4.32. The van der Waals surface area contributed by atoms with Crippen LogP contribution in [0.5, 0.6) is 0 Å². The smallest absolute Gasteiger partial charge is 0.271 e. The minimum absolute atomic E-state index is 0.00323. The Morgan fingerprint density at radius 1 is 1.23 bits per heavy atom. The van der Waals surface area contributed by atoms with Gasteiger partial charge in [-0.1, -0.05) is 75.4 Å². The van der Waals surface area contributed by atoms with E-state index < -0.39 is 0 Å². The van der Waals surface area contributed by atoms with Gasteiger partial charge in [-0.3, -0.25) is 9.89 Å². The molecule has 30 heavy (non-hydrogen) atoms. The molecule has 0 radical (unpaired) electrons. The minimum atomic E-state index is -0.00323. The Kier molecular flexibility index (Phi) is 6.57. The molecule has 1 fully saturated rings. The lowest BCUT2D eigenvalue weighted by Gasteiger charge is -2.27. The zero-order valence-corrected chi connectivity index (χ0v) is 19.6. The third-order valence-electron chi connectivity index (χ3n) is 7.18. The first-order chi connectivity index (χ1) is 14.5. The van der Waals surface area contributed by atoms with E-state index in [4.69, 9.17) is 11.6 Å². The third-order valence-corrected chi connectivity index (χ3v) is 7.43. The van der Waals surface area contributed by atoms with Gasteiger partial charge in [-0.25, -0.2) is 0 Å². The molecule has 1 N–H and O–H groups in total. The summed E-state index contributed by atoms with van der Waals surface area (Å²) >= 11 is 6.30. The number of hydrogen-bond donors (Lipinski definition) is 1. The number of anilines is 1. The van der Waals surface area contributed by atoms with Gasteiger partial charge >= 0.3 is 0 Å². The molecule has 1 unspecified atom stereocenters. The lowest BCUT2D eigenvalue weighted by molar-refractivity contribution is -0.514. The van der Waals surface area contributed by atoms with Crippen LogP contribution in [0.2, 0.25) is 0 Å². The zero-order chi connectivity index (χ0) is 21.1. The summed E-state index contributed by atoms with van der Waals surface area (Å²) in [5, 5.41) is 3.37. The molecule has 1 aromatic carbocycles. The van der Waals surface area contributed by atoms with Crippen LogP contribution in [0.15, 0.2) is 48.2 Å². The van der Waals surface area contributed by atoms with Gasteiger partial charge < -0.3 is 4.90 Å². The van der Waals surface area contributed by atoms with Crippen LogP contribution in [0.3, 0.4) is 0 Å². The summed E-state index contributed by atoms with van der Waals surface area (Å²) in [4.78, 5) is 2.57. The average molecular weight is 427 g/mol. The summed E-state index contributed by atoms with van der Waals surface area (Å²) in [5.41, 5.74) is 4.23. The highest BCUT2D eigenvalue weighted by Crippen LogP contribution is 2.47. The molecule has 0 bridgehead atoms. The largest absolute Gasteiger partial charge is 0.344 e. The first-order valence-corrected chi connectivity index (χ1v) is 12.2. The molecule has 1 atom stereocenters. The monoisotopic (exact) mass is 426 g/mol. The number of para-hydroxylation sites is 1. The van der Waals surface area contributed by atoms with Crippen LogP contribution < -0.4 is 10.2 Å². The Hall–Kier alpha value is -1.74. The Labute approximate surface area is 187 Å². The summed E-state index contributed by atoms with van der Waals surface area (Å²) in [7, 11) is 0. The van der Waals surface area contributed by atoms with Crippen molar-refractivity contribution in [3.8, 4) is 0 Å². The van der Waals surface area contributed by atoms with Crippen molar-refractivity contribution in [1.82, 2.24) is 5.32 Å². The molecule has 162 valence electrons. The fraction of sp³-hybridized carbons (Fsp3) is 0.577. The molecule has 2 aliphatic heterocycles. The molecule has 1 saturated carbocycles. The number of allylic oxidation sites excluding steroid dienone is 3. The summed E-state index contributed by atoms with van der Waals surface area (Å²) < 4.78 is 2.29. The Bertz CT molecular complexity index is 846. The van der Waals surface area contributed by atoms with E-state index in [1.165, 1.54) is 55.5 Å². The molecule has 0 aromatic heterocycles. The number of halogens is 1. The van der Waals surface area contributed by atoms with E-state index in [9.17, 15) is 0 Å². The van der Waals surface area contributed by atoms with E-state index in [0.29, 0.717) is 0 Å². The van der Waals surface area contributed by atoms with Crippen LogP contribution in [0.25, 0.3) is 0 Å². The SMILES string of the molecule is CC[N+]1=C(C=CC=C2N(CCCC3CCCC3)c3ccccc3C2(C)C)NC(Cl)C1. The first-order valence-electron chi connectivity index (χ1n) is 11.8. The van der Waals surface area contributed by atoms with Crippen LogP contribution >= 0.6 is 11.6 Å². The predicted molar refractivity (Wildman–Crippen MR) is 129 cm³/mol. The normalized spacial score (nSPS) is 25.0. The molecular formula is C26H37ClN3+. The molecule has 3 nitrogen and oxygen atoms in total. The number of hydrogen-bond acceptors (Lipinski definition) is 2. The van der Waals surface area contributed by atoms with E-state index in [0.717, 1.165) is 31.4 Å². The summed E-state index contributed by atoms with van der Waals surface area (Å²) in [6.07, 6.45) is 15.1. The maximum absolute atomic E-state index is 6.30. The molecule has 4 heteroatoms. The second-order valence-corrected chi connectivity index (χ2v) is 10.1. The topological polar surface area (TPSA) is 18.3 Å². The van der Waals surface area contributed by atoms with Gasteiger partial charge in [0.1, 0.15) is 6.54 Å². The summed E-state index contributed by atoms with van der Waals surface area (Å²) in [6, 6.07) is 8.94. The van der Waals surface area contributed by atoms with E-state index >= 15 is 0 Å². The minimum Gasteiger partial charge on any atom is -0.344 e. The van der Waals surface area contributed by atoms with Crippen LogP contribution in [0.4, 0.5) is 5.69 Å².